The van der Waals surface area contributed by atoms with E-state index in [2.05, 4.69) is 20.5 Å². The third-order valence-corrected chi connectivity index (χ3v) is 6.32. The number of pyridine rings is 1. The summed E-state index contributed by atoms with van der Waals surface area (Å²) in [4.78, 5) is 28.9. The number of carbonyl (C=O) groups is 2. The first kappa shape index (κ1) is 20.2. The predicted octanol–water partition coefficient (Wildman–Crippen LogP) is 4.01. The molecule has 5 rings (SSSR count). The first-order valence-corrected chi connectivity index (χ1v) is 11.1. The van der Waals surface area contributed by atoms with E-state index in [1.165, 1.54) is 11.8 Å². The van der Waals surface area contributed by atoms with E-state index >= 15 is 0 Å². The lowest BCUT2D eigenvalue weighted by molar-refractivity contribution is -0.116. The molecular formula is C23H19N5O3S. The lowest BCUT2D eigenvalue weighted by Gasteiger charge is -2.09. The second-order valence-electron chi connectivity index (χ2n) is 7.44. The van der Waals surface area contributed by atoms with E-state index in [-0.39, 0.29) is 23.4 Å². The molecule has 4 heterocycles. The molecule has 1 amide bonds. The van der Waals surface area contributed by atoms with Gasteiger partial charge in [0.15, 0.2) is 16.8 Å². The van der Waals surface area contributed by atoms with Crippen molar-refractivity contribution in [3.05, 3.63) is 78.0 Å². The summed E-state index contributed by atoms with van der Waals surface area (Å²) >= 11 is 1.32. The summed E-state index contributed by atoms with van der Waals surface area (Å²) in [5, 5.41) is 12.1. The molecule has 0 aliphatic carbocycles. The summed E-state index contributed by atoms with van der Waals surface area (Å²) in [6.45, 7) is 2.27. The van der Waals surface area contributed by atoms with Gasteiger partial charge in [-0.15, -0.1) is 10.2 Å². The van der Waals surface area contributed by atoms with E-state index in [1.54, 1.807) is 36.9 Å². The summed E-state index contributed by atoms with van der Waals surface area (Å²) < 4.78 is 7.43. The number of amides is 1. The molecule has 1 N–H and O–H groups in total. The Labute approximate surface area is 188 Å². The largest absolute Gasteiger partial charge is 0.467 e. The Kier molecular flexibility index (Phi) is 5.32. The number of carbonyl (C=O) groups excluding carboxylic acids is 2. The molecule has 1 atom stereocenters. The maximum Gasteiger partial charge on any atom is 0.231 e. The molecular weight excluding hydrogens is 426 g/mol. The molecule has 3 aromatic heterocycles. The number of Topliss-reactive ketones (excluding diaryl/α,β-unsaturated/α-hetero) is 1. The first-order chi connectivity index (χ1) is 15.6. The van der Waals surface area contributed by atoms with Gasteiger partial charge in [0.2, 0.25) is 5.91 Å². The molecule has 0 fully saturated rings. The van der Waals surface area contributed by atoms with Crippen LogP contribution in [0.25, 0.3) is 11.4 Å². The van der Waals surface area contributed by atoms with E-state index < -0.39 is 0 Å². The van der Waals surface area contributed by atoms with Crippen LogP contribution in [0.5, 0.6) is 0 Å². The van der Waals surface area contributed by atoms with E-state index in [0.29, 0.717) is 23.1 Å². The average Bonchev–Trinajstić information content (AvgIpc) is 3.54. The minimum Gasteiger partial charge on any atom is -0.467 e. The summed E-state index contributed by atoms with van der Waals surface area (Å²) in [5.74, 6) is 1.25. The Morgan fingerprint density at radius 3 is 2.91 bits per heavy atom. The normalized spacial score (nSPS) is 14.9. The molecule has 8 nitrogen and oxygen atoms in total. The van der Waals surface area contributed by atoms with Gasteiger partial charge in [0, 0.05) is 29.2 Å². The number of rotatable bonds is 7. The van der Waals surface area contributed by atoms with Crippen LogP contribution in [-0.2, 0) is 11.3 Å². The van der Waals surface area contributed by atoms with Gasteiger partial charge in [-0.25, -0.2) is 0 Å². The second-order valence-corrected chi connectivity index (χ2v) is 8.38. The average molecular weight is 446 g/mol. The number of benzene rings is 1. The van der Waals surface area contributed by atoms with Gasteiger partial charge in [-0.05, 0) is 55.0 Å². The van der Waals surface area contributed by atoms with Crippen molar-refractivity contribution in [1.29, 1.82) is 0 Å². The van der Waals surface area contributed by atoms with Crippen LogP contribution in [0.4, 0.5) is 5.69 Å². The lowest BCUT2D eigenvalue weighted by Crippen LogP contribution is -2.08. The van der Waals surface area contributed by atoms with Crippen LogP contribution in [0.1, 0.15) is 34.5 Å². The number of furan rings is 1. The molecule has 0 radical (unpaired) electrons. The zero-order valence-electron chi connectivity index (χ0n) is 17.2. The number of ketones is 1. The van der Waals surface area contributed by atoms with Crippen molar-refractivity contribution in [2.24, 2.45) is 0 Å². The third-order valence-electron chi connectivity index (χ3n) is 5.35. The molecule has 0 spiro atoms. The number of nitrogens with one attached hydrogen (secondary N) is 1. The molecule has 1 aliphatic rings. The van der Waals surface area contributed by atoms with Gasteiger partial charge in [-0.1, -0.05) is 11.8 Å². The minimum atomic E-state index is -0.260. The molecule has 0 bridgehead atoms. The Morgan fingerprint density at radius 2 is 2.12 bits per heavy atom. The van der Waals surface area contributed by atoms with Gasteiger partial charge in [0.25, 0.3) is 0 Å². The van der Waals surface area contributed by atoms with Gasteiger partial charge < -0.3 is 9.73 Å². The van der Waals surface area contributed by atoms with E-state index in [4.69, 9.17) is 4.42 Å². The van der Waals surface area contributed by atoms with Crippen molar-refractivity contribution >= 4 is 29.1 Å². The Hall–Kier alpha value is -3.72. The maximum atomic E-state index is 12.9. The number of thioether (sulfide) groups is 1. The predicted molar refractivity (Wildman–Crippen MR) is 120 cm³/mol. The fourth-order valence-corrected chi connectivity index (χ4v) is 4.44. The highest BCUT2D eigenvalue weighted by molar-refractivity contribution is 7.99. The van der Waals surface area contributed by atoms with Gasteiger partial charge in [0.05, 0.1) is 24.5 Å². The minimum absolute atomic E-state index is 0.0418. The van der Waals surface area contributed by atoms with Gasteiger partial charge in [-0.3, -0.25) is 19.1 Å². The summed E-state index contributed by atoms with van der Waals surface area (Å²) in [6.07, 6.45) is 5.04. The SMILES string of the molecule is C[C@H]1C(=O)Nc2ccc(C(=O)CSc3nnc(-c4cccnc4)n3Cc3ccco3)cc21. The van der Waals surface area contributed by atoms with E-state index in [1.807, 2.05) is 35.8 Å². The van der Waals surface area contributed by atoms with Crippen molar-refractivity contribution in [3.8, 4) is 11.4 Å². The molecule has 0 saturated carbocycles. The summed E-state index contributed by atoms with van der Waals surface area (Å²) in [7, 11) is 0. The monoisotopic (exact) mass is 445 g/mol. The van der Waals surface area contributed by atoms with Crippen LogP contribution < -0.4 is 5.32 Å². The standard InChI is InChI=1S/C23H19N5O3S/c1-14-18-10-15(6-7-19(18)25-22(14)30)20(29)13-32-23-27-26-21(16-4-2-8-24-11-16)28(23)12-17-5-3-9-31-17/h2-11,14H,12-13H2,1H3,(H,25,30)/t14-/m1/s1. The quantitative estimate of drug-likeness (QED) is 0.339. The van der Waals surface area contributed by atoms with Gasteiger partial charge in [-0.2, -0.15) is 0 Å². The maximum absolute atomic E-state index is 12.9. The number of hydrogen-bond acceptors (Lipinski definition) is 7. The third kappa shape index (κ3) is 3.82. The van der Waals surface area contributed by atoms with Gasteiger partial charge in [0.1, 0.15) is 5.76 Å². The number of hydrogen-bond donors (Lipinski definition) is 1. The summed E-state index contributed by atoms with van der Waals surface area (Å²) in [5.41, 5.74) is 3.02. The van der Waals surface area contributed by atoms with Crippen molar-refractivity contribution in [1.82, 2.24) is 19.7 Å². The number of fused-ring (bicyclic) bond motifs is 1. The van der Waals surface area contributed by atoms with E-state index in [9.17, 15) is 9.59 Å². The zero-order valence-corrected chi connectivity index (χ0v) is 18.0. The van der Waals surface area contributed by atoms with Crippen LogP contribution >= 0.6 is 11.8 Å². The highest BCUT2D eigenvalue weighted by Gasteiger charge is 2.27. The number of nitrogens with zero attached hydrogens (tertiary/aromatic N) is 4. The zero-order chi connectivity index (χ0) is 22.1. The summed E-state index contributed by atoms with van der Waals surface area (Å²) in [6, 6.07) is 12.8. The molecule has 160 valence electrons. The number of anilines is 1. The fourth-order valence-electron chi connectivity index (χ4n) is 3.61. The molecule has 0 saturated heterocycles. The molecule has 1 aliphatic heterocycles. The van der Waals surface area contributed by atoms with Crippen LogP contribution in [0.2, 0.25) is 0 Å². The van der Waals surface area contributed by atoms with Crippen molar-refractivity contribution in [3.63, 3.8) is 0 Å². The Bertz CT molecular complexity index is 1280. The fraction of sp³-hybridized carbons (Fsp3) is 0.174. The topological polar surface area (TPSA) is 103 Å². The Balaban J connectivity index is 1.38. The van der Waals surface area contributed by atoms with Crippen molar-refractivity contribution in [2.75, 3.05) is 11.1 Å². The molecule has 4 aromatic rings. The molecule has 32 heavy (non-hydrogen) atoms. The Morgan fingerprint density at radius 1 is 1.22 bits per heavy atom. The highest BCUT2D eigenvalue weighted by Crippen LogP contribution is 2.33. The van der Waals surface area contributed by atoms with Crippen LogP contribution in [0.3, 0.4) is 0 Å². The first-order valence-electron chi connectivity index (χ1n) is 10.1. The van der Waals surface area contributed by atoms with Crippen molar-refractivity contribution < 1.29 is 14.0 Å². The second kappa shape index (κ2) is 8.43. The smallest absolute Gasteiger partial charge is 0.231 e. The molecule has 0 unspecified atom stereocenters. The van der Waals surface area contributed by atoms with Crippen LogP contribution in [-0.4, -0.2) is 37.2 Å². The van der Waals surface area contributed by atoms with Crippen LogP contribution in [0, 0.1) is 0 Å². The highest BCUT2D eigenvalue weighted by atomic mass is 32.2. The van der Waals surface area contributed by atoms with Gasteiger partial charge >= 0.3 is 0 Å². The lowest BCUT2D eigenvalue weighted by atomic mass is 9.99. The molecule has 9 heteroatoms. The molecule has 1 aromatic carbocycles. The number of aromatic nitrogens is 4. The van der Waals surface area contributed by atoms with Crippen LogP contribution in [0.15, 0.2) is 70.7 Å². The van der Waals surface area contributed by atoms with E-state index in [0.717, 1.165) is 22.6 Å². The van der Waals surface area contributed by atoms with Crippen molar-refractivity contribution in [2.45, 2.75) is 24.5 Å².